The van der Waals surface area contributed by atoms with Crippen LogP contribution in [0.2, 0.25) is 0 Å². The minimum atomic E-state index is -0.394. The molecule has 17 heavy (non-hydrogen) atoms. The molecule has 0 radical (unpaired) electrons. The maximum Gasteiger partial charge on any atom is 0.329 e. The van der Waals surface area contributed by atoms with Crippen molar-refractivity contribution in [3.63, 3.8) is 0 Å². The van der Waals surface area contributed by atoms with E-state index in [1.807, 2.05) is 4.58 Å². The van der Waals surface area contributed by atoms with Crippen LogP contribution in [0.4, 0.5) is 4.79 Å². The molecule has 0 aliphatic carbocycles. The highest BCUT2D eigenvalue weighted by Crippen LogP contribution is 2.18. The number of aliphatic hydroxyl groups is 1. The highest BCUT2D eigenvalue weighted by atomic mass is 16.3. The van der Waals surface area contributed by atoms with Gasteiger partial charge in [-0.05, 0) is 0 Å². The maximum atomic E-state index is 12.1. The summed E-state index contributed by atoms with van der Waals surface area (Å²) in [5.74, 6) is -0.211. The van der Waals surface area contributed by atoms with E-state index in [2.05, 4.69) is 5.32 Å². The van der Waals surface area contributed by atoms with Crippen LogP contribution in [0.1, 0.15) is 6.42 Å². The quantitative estimate of drug-likeness (QED) is 0.573. The number of fused-ring (bicyclic) bond motifs is 1. The summed E-state index contributed by atoms with van der Waals surface area (Å²) in [6.07, 6.45) is 1.99. The number of carbonyl (C=O) groups is 2. The number of aliphatic hydroxyl groups excluding tert-OH is 1. The van der Waals surface area contributed by atoms with E-state index >= 15 is 0 Å². The lowest BCUT2D eigenvalue weighted by atomic mass is 10.1. The second-order valence-corrected chi connectivity index (χ2v) is 4.29. The third kappa shape index (κ3) is 1.76. The van der Waals surface area contributed by atoms with Crippen molar-refractivity contribution >= 4 is 18.3 Å². The molecule has 2 heterocycles. The van der Waals surface area contributed by atoms with Crippen LogP contribution in [0.25, 0.3) is 0 Å². The lowest BCUT2D eigenvalue weighted by Gasteiger charge is -2.35. The number of hydrogen-bond acceptors (Lipinski definition) is 4. The molecule has 0 aromatic rings. The number of nitrogens with one attached hydrogen (secondary N) is 1. The molecule has 1 fully saturated rings. The summed E-state index contributed by atoms with van der Waals surface area (Å²) in [5.41, 5.74) is 0. The standard InChI is InChI=1S/C10H16N4O3/c1-12-8-7(9(16)13(2)10(12)17)14(6-11-8)4-3-5-15/h6-8,15H,3-5H2,1-2H3/p+1/t7-,8+/m1/s1. The van der Waals surface area contributed by atoms with Gasteiger partial charge in [0.25, 0.3) is 5.91 Å². The van der Waals surface area contributed by atoms with E-state index in [0.29, 0.717) is 13.0 Å². The van der Waals surface area contributed by atoms with Crippen LogP contribution in [0.15, 0.2) is 0 Å². The van der Waals surface area contributed by atoms with Crippen LogP contribution in [-0.2, 0) is 4.79 Å². The van der Waals surface area contributed by atoms with Crippen molar-refractivity contribution in [2.24, 2.45) is 0 Å². The average molecular weight is 241 g/mol. The van der Waals surface area contributed by atoms with Gasteiger partial charge in [-0.1, -0.05) is 0 Å². The van der Waals surface area contributed by atoms with Crippen LogP contribution in [0.3, 0.4) is 0 Å². The largest absolute Gasteiger partial charge is 0.396 e. The Balaban J connectivity index is 2.19. The van der Waals surface area contributed by atoms with Gasteiger partial charge in [0.15, 0.2) is 0 Å². The molecule has 0 saturated carbocycles. The molecule has 3 amide bonds. The zero-order valence-corrected chi connectivity index (χ0v) is 9.96. The number of likely N-dealkylation sites (N-methyl/N-ethyl adjacent to an activating group) is 2. The second-order valence-electron chi connectivity index (χ2n) is 4.29. The smallest absolute Gasteiger partial charge is 0.329 e. The molecule has 0 spiro atoms. The zero-order valence-electron chi connectivity index (χ0n) is 9.96. The van der Waals surface area contributed by atoms with E-state index < -0.39 is 6.04 Å². The minimum absolute atomic E-state index is 0.0839. The average Bonchev–Trinajstić information content (AvgIpc) is 2.75. The second kappa shape index (κ2) is 4.33. The summed E-state index contributed by atoms with van der Waals surface area (Å²) >= 11 is 0. The maximum absolute atomic E-state index is 12.1. The Morgan fingerprint density at radius 3 is 2.82 bits per heavy atom. The van der Waals surface area contributed by atoms with E-state index in [4.69, 9.17) is 5.11 Å². The van der Waals surface area contributed by atoms with Crippen LogP contribution >= 0.6 is 0 Å². The Morgan fingerprint density at radius 2 is 2.18 bits per heavy atom. The van der Waals surface area contributed by atoms with Crippen molar-refractivity contribution in [3.05, 3.63) is 0 Å². The summed E-state index contributed by atoms with van der Waals surface area (Å²) in [4.78, 5) is 26.4. The zero-order chi connectivity index (χ0) is 12.6. The van der Waals surface area contributed by atoms with Crippen molar-refractivity contribution in [1.82, 2.24) is 15.1 Å². The predicted molar refractivity (Wildman–Crippen MR) is 59.5 cm³/mol. The Morgan fingerprint density at radius 1 is 1.47 bits per heavy atom. The summed E-state index contributed by atoms with van der Waals surface area (Å²) in [6.45, 7) is 0.673. The van der Waals surface area contributed by atoms with E-state index in [1.54, 1.807) is 13.4 Å². The summed E-state index contributed by atoms with van der Waals surface area (Å²) in [6, 6.07) is -0.699. The van der Waals surface area contributed by atoms with Crippen molar-refractivity contribution in [2.45, 2.75) is 18.6 Å². The Kier molecular flexibility index (Phi) is 3.01. The van der Waals surface area contributed by atoms with Gasteiger partial charge in [-0.3, -0.25) is 24.5 Å². The molecule has 2 atom stereocenters. The van der Waals surface area contributed by atoms with Crippen LogP contribution in [0.5, 0.6) is 0 Å². The minimum Gasteiger partial charge on any atom is -0.396 e. The van der Waals surface area contributed by atoms with E-state index in [9.17, 15) is 9.59 Å². The van der Waals surface area contributed by atoms with Gasteiger partial charge in [0.05, 0.1) is 6.54 Å². The molecule has 2 aliphatic heterocycles. The molecule has 94 valence electrons. The topological polar surface area (TPSA) is 75.9 Å². The SMILES string of the molecule is CN1C(=O)[C@H]2[C@@H](NC=[N+]2CCCO)N(C)C1=O. The number of imide groups is 1. The Hall–Kier alpha value is -1.63. The highest BCUT2D eigenvalue weighted by Gasteiger charge is 2.52. The lowest BCUT2D eigenvalue weighted by Crippen LogP contribution is -2.65. The van der Waals surface area contributed by atoms with Crippen LogP contribution in [0, 0.1) is 0 Å². The monoisotopic (exact) mass is 241 g/mol. The molecule has 7 heteroatoms. The number of rotatable bonds is 3. The van der Waals surface area contributed by atoms with E-state index in [0.717, 1.165) is 4.90 Å². The molecule has 2 rings (SSSR count). The molecule has 2 aliphatic rings. The molecule has 1 saturated heterocycles. The van der Waals surface area contributed by atoms with Gasteiger partial charge >= 0.3 is 6.03 Å². The first-order valence-corrected chi connectivity index (χ1v) is 5.58. The van der Waals surface area contributed by atoms with Gasteiger partial charge in [0.1, 0.15) is 0 Å². The number of urea groups is 1. The molecular weight excluding hydrogens is 224 g/mol. The summed E-state index contributed by atoms with van der Waals surface area (Å²) < 4.78 is 1.84. The van der Waals surface area contributed by atoms with Gasteiger partial charge in [0.2, 0.25) is 18.5 Å². The fourth-order valence-electron chi connectivity index (χ4n) is 2.23. The Labute approximate surface area is 99.3 Å². The van der Waals surface area contributed by atoms with Crippen molar-refractivity contribution in [1.29, 1.82) is 0 Å². The molecule has 0 aromatic carbocycles. The Bertz CT molecular complexity index is 382. The number of hydrogen-bond donors (Lipinski definition) is 2. The van der Waals surface area contributed by atoms with Crippen LogP contribution < -0.4 is 5.32 Å². The van der Waals surface area contributed by atoms with Crippen molar-refractivity contribution in [3.8, 4) is 0 Å². The van der Waals surface area contributed by atoms with Gasteiger partial charge in [-0.25, -0.2) is 4.79 Å². The summed E-state index contributed by atoms with van der Waals surface area (Å²) in [5, 5.41) is 11.8. The van der Waals surface area contributed by atoms with Gasteiger partial charge in [-0.2, -0.15) is 0 Å². The normalized spacial score (nSPS) is 28.1. The van der Waals surface area contributed by atoms with Crippen molar-refractivity contribution < 1.29 is 19.3 Å². The highest BCUT2D eigenvalue weighted by molar-refractivity contribution is 6.00. The third-order valence-corrected chi connectivity index (χ3v) is 3.23. The molecule has 0 unspecified atom stereocenters. The van der Waals surface area contributed by atoms with E-state index in [1.165, 1.54) is 11.9 Å². The number of carbonyl (C=O) groups excluding carboxylic acids is 2. The van der Waals surface area contributed by atoms with Gasteiger partial charge in [-0.15, -0.1) is 0 Å². The lowest BCUT2D eigenvalue weighted by molar-refractivity contribution is -0.547. The fourth-order valence-corrected chi connectivity index (χ4v) is 2.23. The van der Waals surface area contributed by atoms with Gasteiger partial charge < -0.3 is 5.11 Å². The molecule has 2 N–H and O–H groups in total. The van der Waals surface area contributed by atoms with Crippen molar-refractivity contribution in [2.75, 3.05) is 27.2 Å². The summed E-state index contributed by atoms with van der Waals surface area (Å²) in [7, 11) is 3.15. The number of nitrogens with zero attached hydrogens (tertiary/aromatic N) is 3. The first-order valence-electron chi connectivity index (χ1n) is 5.58. The molecular formula is C10H17N4O3+. The predicted octanol–water partition coefficient (Wildman–Crippen LogP) is -1.77. The molecule has 7 nitrogen and oxygen atoms in total. The van der Waals surface area contributed by atoms with Crippen LogP contribution in [-0.4, -0.2) is 77.2 Å². The molecule has 0 bridgehead atoms. The third-order valence-electron chi connectivity index (χ3n) is 3.23. The van der Waals surface area contributed by atoms with Gasteiger partial charge in [0, 0.05) is 27.1 Å². The molecule has 0 aromatic heterocycles. The fraction of sp³-hybridized carbons (Fsp3) is 0.700. The number of amides is 3. The van der Waals surface area contributed by atoms with E-state index in [-0.39, 0.29) is 24.7 Å². The first kappa shape index (κ1) is 11.8. The first-order chi connectivity index (χ1) is 8.07.